The first-order valence-electron chi connectivity index (χ1n) is 9.59. The summed E-state index contributed by atoms with van der Waals surface area (Å²) in [5, 5.41) is 2.94. The number of aromatic nitrogens is 1. The Morgan fingerprint density at radius 3 is 2.55 bits per heavy atom. The zero-order valence-corrected chi connectivity index (χ0v) is 15.9. The van der Waals surface area contributed by atoms with Crippen molar-refractivity contribution < 1.29 is 13.9 Å². The minimum Gasteiger partial charge on any atom is -0.370 e. The molecule has 1 saturated heterocycles. The number of rotatable bonds is 4. The van der Waals surface area contributed by atoms with Crippen LogP contribution in [0.1, 0.15) is 17.2 Å². The van der Waals surface area contributed by atoms with Crippen LogP contribution < -0.4 is 5.32 Å². The van der Waals surface area contributed by atoms with E-state index in [1.807, 2.05) is 36.4 Å². The standard InChI is InChI=1S/C23H22FN3O2/c24-21-4-2-1-3-20(21)22-16-27(13-14-29-22)23(28)26-15-17-5-7-18(8-6-17)19-9-11-25-12-10-19/h1-12,22H,13-16H2,(H,26,28). The molecule has 1 aliphatic rings. The van der Waals surface area contributed by atoms with Crippen LogP contribution in [-0.4, -0.2) is 35.6 Å². The van der Waals surface area contributed by atoms with Crippen molar-refractivity contribution in [3.05, 3.63) is 90.0 Å². The maximum atomic E-state index is 14.0. The van der Waals surface area contributed by atoms with Gasteiger partial charge in [-0.05, 0) is 34.9 Å². The molecule has 3 aromatic rings. The van der Waals surface area contributed by atoms with Crippen LogP contribution in [0.3, 0.4) is 0 Å². The summed E-state index contributed by atoms with van der Waals surface area (Å²) in [4.78, 5) is 18.3. The quantitative estimate of drug-likeness (QED) is 0.726. The molecule has 0 saturated carbocycles. The lowest BCUT2D eigenvalue weighted by Crippen LogP contribution is -2.47. The molecule has 6 heteroatoms. The largest absolute Gasteiger partial charge is 0.370 e. The molecule has 2 aromatic carbocycles. The van der Waals surface area contributed by atoms with Crippen LogP contribution in [0, 0.1) is 5.82 Å². The molecule has 0 radical (unpaired) electrons. The maximum absolute atomic E-state index is 14.0. The lowest BCUT2D eigenvalue weighted by molar-refractivity contribution is -0.0171. The van der Waals surface area contributed by atoms with Crippen LogP contribution in [0.25, 0.3) is 11.1 Å². The fraction of sp³-hybridized carbons (Fsp3) is 0.217. The first kappa shape index (κ1) is 19.1. The second-order valence-electron chi connectivity index (χ2n) is 6.92. The van der Waals surface area contributed by atoms with Gasteiger partial charge in [0.2, 0.25) is 0 Å². The number of halogens is 1. The van der Waals surface area contributed by atoms with E-state index in [1.165, 1.54) is 6.07 Å². The average Bonchev–Trinajstić information content (AvgIpc) is 2.79. The fourth-order valence-electron chi connectivity index (χ4n) is 3.41. The molecule has 0 bridgehead atoms. The van der Waals surface area contributed by atoms with Gasteiger partial charge >= 0.3 is 6.03 Å². The van der Waals surface area contributed by atoms with E-state index in [-0.39, 0.29) is 11.8 Å². The minimum absolute atomic E-state index is 0.173. The molecule has 1 N–H and O–H groups in total. The fourth-order valence-corrected chi connectivity index (χ4v) is 3.41. The highest BCUT2D eigenvalue weighted by Gasteiger charge is 2.26. The predicted molar refractivity (Wildman–Crippen MR) is 109 cm³/mol. The minimum atomic E-state index is -0.449. The number of urea groups is 1. The highest BCUT2D eigenvalue weighted by molar-refractivity contribution is 5.74. The topological polar surface area (TPSA) is 54.5 Å². The summed E-state index contributed by atoms with van der Waals surface area (Å²) in [6.07, 6.45) is 3.08. The van der Waals surface area contributed by atoms with E-state index in [4.69, 9.17) is 4.74 Å². The van der Waals surface area contributed by atoms with Crippen LogP contribution in [-0.2, 0) is 11.3 Å². The monoisotopic (exact) mass is 391 g/mol. The Bertz CT molecular complexity index is 963. The molecule has 1 aliphatic heterocycles. The molecule has 2 amide bonds. The highest BCUT2D eigenvalue weighted by Crippen LogP contribution is 2.24. The molecule has 4 rings (SSSR count). The van der Waals surface area contributed by atoms with Crippen molar-refractivity contribution in [2.45, 2.75) is 12.6 Å². The van der Waals surface area contributed by atoms with Crippen molar-refractivity contribution in [1.82, 2.24) is 15.2 Å². The van der Waals surface area contributed by atoms with Crippen molar-refractivity contribution in [3.8, 4) is 11.1 Å². The van der Waals surface area contributed by atoms with Gasteiger partial charge in [0.25, 0.3) is 0 Å². The van der Waals surface area contributed by atoms with Gasteiger partial charge in [-0.2, -0.15) is 0 Å². The molecule has 0 spiro atoms. The van der Waals surface area contributed by atoms with Crippen LogP contribution in [0.4, 0.5) is 9.18 Å². The normalized spacial score (nSPS) is 16.4. The number of pyridine rings is 1. The van der Waals surface area contributed by atoms with E-state index in [9.17, 15) is 9.18 Å². The number of hydrogen-bond acceptors (Lipinski definition) is 3. The third-order valence-corrected chi connectivity index (χ3v) is 5.02. The summed E-state index contributed by atoms with van der Waals surface area (Å²) in [5.74, 6) is -0.311. The van der Waals surface area contributed by atoms with Crippen molar-refractivity contribution in [1.29, 1.82) is 0 Å². The summed E-state index contributed by atoms with van der Waals surface area (Å²) in [6, 6.07) is 18.3. The van der Waals surface area contributed by atoms with Crippen molar-refractivity contribution in [3.63, 3.8) is 0 Å². The first-order valence-corrected chi connectivity index (χ1v) is 9.59. The molecular weight excluding hydrogens is 369 g/mol. The molecule has 1 fully saturated rings. The Hall–Kier alpha value is -3.25. The van der Waals surface area contributed by atoms with Gasteiger partial charge in [0.15, 0.2) is 0 Å². The van der Waals surface area contributed by atoms with Gasteiger partial charge in [-0.3, -0.25) is 4.98 Å². The first-order chi connectivity index (χ1) is 14.2. The van der Waals surface area contributed by atoms with Crippen LogP contribution in [0.5, 0.6) is 0 Å². The molecule has 1 atom stereocenters. The molecule has 29 heavy (non-hydrogen) atoms. The second-order valence-corrected chi connectivity index (χ2v) is 6.92. The Kier molecular flexibility index (Phi) is 5.81. The number of benzene rings is 2. The lowest BCUT2D eigenvalue weighted by Gasteiger charge is -2.33. The Balaban J connectivity index is 1.34. The number of nitrogens with one attached hydrogen (secondary N) is 1. The number of ether oxygens (including phenoxy) is 1. The van der Waals surface area contributed by atoms with Crippen LogP contribution >= 0.6 is 0 Å². The van der Waals surface area contributed by atoms with Gasteiger partial charge in [-0.15, -0.1) is 0 Å². The van der Waals surface area contributed by atoms with E-state index in [0.29, 0.717) is 31.8 Å². The smallest absolute Gasteiger partial charge is 0.317 e. The number of carbonyl (C=O) groups is 1. The Morgan fingerprint density at radius 1 is 1.07 bits per heavy atom. The molecule has 1 aromatic heterocycles. The number of morpholine rings is 1. The number of nitrogens with zero attached hydrogens (tertiary/aromatic N) is 2. The van der Waals surface area contributed by atoms with Gasteiger partial charge in [-0.1, -0.05) is 42.5 Å². The number of amides is 2. The van der Waals surface area contributed by atoms with Crippen molar-refractivity contribution in [2.24, 2.45) is 0 Å². The van der Waals surface area contributed by atoms with Gasteiger partial charge < -0.3 is 15.0 Å². The van der Waals surface area contributed by atoms with E-state index < -0.39 is 6.10 Å². The van der Waals surface area contributed by atoms with Gasteiger partial charge in [0.05, 0.1) is 13.2 Å². The molecule has 0 aliphatic carbocycles. The lowest BCUT2D eigenvalue weighted by atomic mass is 10.1. The zero-order chi connectivity index (χ0) is 20.1. The van der Waals surface area contributed by atoms with Gasteiger partial charge in [-0.25, -0.2) is 9.18 Å². The zero-order valence-electron chi connectivity index (χ0n) is 15.9. The van der Waals surface area contributed by atoms with E-state index >= 15 is 0 Å². The Morgan fingerprint density at radius 2 is 1.79 bits per heavy atom. The predicted octanol–water partition coefficient (Wildman–Crippen LogP) is 4.17. The highest BCUT2D eigenvalue weighted by atomic mass is 19.1. The summed E-state index contributed by atoms with van der Waals surface area (Å²) in [7, 11) is 0. The number of hydrogen-bond donors (Lipinski definition) is 1. The molecule has 5 nitrogen and oxygen atoms in total. The van der Waals surface area contributed by atoms with Crippen LogP contribution in [0.15, 0.2) is 73.1 Å². The summed E-state index contributed by atoms with van der Waals surface area (Å²) < 4.78 is 19.7. The third-order valence-electron chi connectivity index (χ3n) is 5.02. The van der Waals surface area contributed by atoms with Gasteiger partial charge in [0, 0.05) is 31.0 Å². The molecule has 2 heterocycles. The summed E-state index contributed by atoms with van der Waals surface area (Å²) in [6.45, 7) is 1.62. The van der Waals surface area contributed by atoms with Crippen molar-refractivity contribution in [2.75, 3.05) is 19.7 Å². The summed E-state index contributed by atoms with van der Waals surface area (Å²) in [5.41, 5.74) is 3.69. The summed E-state index contributed by atoms with van der Waals surface area (Å²) >= 11 is 0. The SMILES string of the molecule is O=C(NCc1ccc(-c2ccncc2)cc1)N1CCOC(c2ccccc2F)C1. The van der Waals surface area contributed by atoms with Crippen molar-refractivity contribution >= 4 is 6.03 Å². The van der Waals surface area contributed by atoms with E-state index in [0.717, 1.165) is 16.7 Å². The second kappa shape index (κ2) is 8.84. The van der Waals surface area contributed by atoms with Crippen LogP contribution in [0.2, 0.25) is 0 Å². The Labute approximate surface area is 169 Å². The molecule has 148 valence electrons. The number of carbonyl (C=O) groups excluding carboxylic acids is 1. The van der Waals surface area contributed by atoms with Gasteiger partial charge in [0.1, 0.15) is 11.9 Å². The molecule has 1 unspecified atom stereocenters. The molecular formula is C23H22FN3O2. The maximum Gasteiger partial charge on any atom is 0.317 e. The van der Waals surface area contributed by atoms with E-state index in [2.05, 4.69) is 10.3 Å². The average molecular weight is 391 g/mol. The third kappa shape index (κ3) is 4.60. The van der Waals surface area contributed by atoms with E-state index in [1.54, 1.807) is 35.5 Å².